The number of carbonyl (C=O) groups is 2. The third-order valence-corrected chi connectivity index (χ3v) is 6.10. The number of allylic oxidation sites excluding steroid dienone is 1. The van der Waals surface area contributed by atoms with Crippen molar-refractivity contribution in [3.63, 3.8) is 0 Å². The first-order valence-corrected chi connectivity index (χ1v) is 13.5. The van der Waals surface area contributed by atoms with Gasteiger partial charge in [0.25, 0.3) is 5.91 Å². The molecule has 0 aliphatic carbocycles. The summed E-state index contributed by atoms with van der Waals surface area (Å²) < 4.78 is 7.52. The summed E-state index contributed by atoms with van der Waals surface area (Å²) in [6.07, 6.45) is 11.9. The Morgan fingerprint density at radius 2 is 2.03 bits per heavy atom. The van der Waals surface area contributed by atoms with Gasteiger partial charge in [-0.2, -0.15) is 11.8 Å². The van der Waals surface area contributed by atoms with Crippen LogP contribution in [-0.4, -0.2) is 45.1 Å². The van der Waals surface area contributed by atoms with E-state index in [9.17, 15) is 9.59 Å². The van der Waals surface area contributed by atoms with Crippen molar-refractivity contribution in [1.82, 2.24) is 14.9 Å². The second-order valence-electron chi connectivity index (χ2n) is 9.32. The average Bonchev–Trinajstić information content (AvgIpc) is 3.34. The van der Waals surface area contributed by atoms with E-state index in [0.717, 1.165) is 16.7 Å². The lowest BCUT2D eigenvalue weighted by Crippen LogP contribution is -2.44. The summed E-state index contributed by atoms with van der Waals surface area (Å²) in [6, 6.07) is 12.3. The van der Waals surface area contributed by atoms with Crippen molar-refractivity contribution >= 4 is 41.3 Å². The molecule has 1 heterocycles. The molecule has 0 saturated heterocycles. The van der Waals surface area contributed by atoms with E-state index in [1.807, 2.05) is 80.3 Å². The zero-order chi connectivity index (χ0) is 26.1. The number of hydrogen-bond acceptors (Lipinski definition) is 5. The molecule has 36 heavy (non-hydrogen) atoms. The lowest BCUT2D eigenvalue weighted by atomic mass is 9.96. The smallest absolute Gasteiger partial charge is 0.329 e. The van der Waals surface area contributed by atoms with Gasteiger partial charge in [0.2, 0.25) is 0 Å². The van der Waals surface area contributed by atoms with Crippen LogP contribution in [0.2, 0.25) is 5.02 Å². The molecule has 0 spiro atoms. The molecule has 1 aromatic heterocycles. The molecule has 0 unspecified atom stereocenters. The number of rotatable bonds is 10. The topological polar surface area (TPSA) is 73.2 Å². The van der Waals surface area contributed by atoms with E-state index in [1.165, 1.54) is 0 Å². The molecule has 1 atom stereocenters. The minimum Gasteiger partial charge on any atom is -0.458 e. The fourth-order valence-electron chi connectivity index (χ4n) is 3.56. The first-order chi connectivity index (χ1) is 17.2. The zero-order valence-electron chi connectivity index (χ0n) is 21.0. The van der Waals surface area contributed by atoms with Gasteiger partial charge in [-0.25, -0.2) is 9.78 Å². The van der Waals surface area contributed by atoms with Crippen molar-refractivity contribution in [2.24, 2.45) is 0 Å². The number of nitrogens with zero attached hydrogens (tertiary/aromatic N) is 2. The van der Waals surface area contributed by atoms with E-state index < -0.39 is 17.6 Å². The van der Waals surface area contributed by atoms with E-state index in [0.29, 0.717) is 29.3 Å². The van der Waals surface area contributed by atoms with Gasteiger partial charge in [0.15, 0.2) is 0 Å². The monoisotopic (exact) mass is 525 g/mol. The van der Waals surface area contributed by atoms with Crippen LogP contribution in [0.5, 0.6) is 0 Å². The van der Waals surface area contributed by atoms with Crippen LogP contribution in [0.1, 0.15) is 43.1 Å². The van der Waals surface area contributed by atoms with Crippen molar-refractivity contribution in [2.75, 3.05) is 12.0 Å². The van der Waals surface area contributed by atoms with E-state index in [4.69, 9.17) is 16.3 Å². The van der Waals surface area contributed by atoms with Crippen LogP contribution in [0.3, 0.4) is 0 Å². The summed E-state index contributed by atoms with van der Waals surface area (Å²) in [4.78, 5) is 30.3. The summed E-state index contributed by atoms with van der Waals surface area (Å²) >= 11 is 7.88. The molecule has 0 radical (unpaired) electrons. The highest BCUT2D eigenvalue weighted by Crippen LogP contribution is 2.28. The summed E-state index contributed by atoms with van der Waals surface area (Å²) in [6.45, 7) is 6.12. The molecule has 1 N–H and O–H groups in total. The van der Waals surface area contributed by atoms with Crippen LogP contribution in [0.25, 0.3) is 17.2 Å². The molecule has 3 rings (SSSR count). The van der Waals surface area contributed by atoms with Gasteiger partial charge < -0.3 is 14.6 Å². The molecule has 0 bridgehead atoms. The highest BCUT2D eigenvalue weighted by molar-refractivity contribution is 7.98. The highest BCUT2D eigenvalue weighted by Gasteiger charge is 2.27. The van der Waals surface area contributed by atoms with E-state index in [1.54, 1.807) is 36.4 Å². The number of benzene rings is 2. The summed E-state index contributed by atoms with van der Waals surface area (Å²) in [5.41, 5.74) is 2.30. The van der Waals surface area contributed by atoms with Crippen LogP contribution < -0.4 is 5.32 Å². The maximum Gasteiger partial charge on any atom is 0.329 e. The lowest BCUT2D eigenvalue weighted by molar-refractivity contribution is -0.157. The van der Waals surface area contributed by atoms with Crippen molar-refractivity contribution in [1.29, 1.82) is 0 Å². The molecule has 0 fully saturated rings. The molecule has 6 nitrogen and oxygen atoms in total. The Hall–Kier alpha value is -3.03. The standard InChI is InChI=1S/C28H32ClN3O3S/c1-28(2,3)35-27(34)25(12-16-36-4)31-26(33)23-11-10-20(7-6-14-32-15-13-30-19-32)17-24(23)21-8-5-9-22(29)18-21/h5-11,13,15,17-19,25H,12,14,16H2,1-4H3,(H,31,33)/t25-/m0/s1. The molecule has 3 aromatic rings. The van der Waals surface area contributed by atoms with Gasteiger partial charge in [-0.05, 0) is 80.2 Å². The first kappa shape index (κ1) is 27.6. The van der Waals surface area contributed by atoms with Crippen molar-refractivity contribution < 1.29 is 14.3 Å². The summed E-state index contributed by atoms with van der Waals surface area (Å²) in [7, 11) is 0. The van der Waals surface area contributed by atoms with Crippen molar-refractivity contribution in [3.05, 3.63) is 83.4 Å². The van der Waals surface area contributed by atoms with E-state index in [2.05, 4.69) is 10.3 Å². The maximum atomic E-state index is 13.5. The number of aromatic nitrogens is 2. The van der Waals surface area contributed by atoms with Gasteiger partial charge >= 0.3 is 5.97 Å². The number of halogens is 1. The Morgan fingerprint density at radius 3 is 2.69 bits per heavy atom. The normalized spacial score (nSPS) is 12.5. The maximum absolute atomic E-state index is 13.5. The second-order valence-corrected chi connectivity index (χ2v) is 10.7. The summed E-state index contributed by atoms with van der Waals surface area (Å²) in [5, 5.41) is 3.48. The Bertz CT molecular complexity index is 1200. The highest BCUT2D eigenvalue weighted by atomic mass is 35.5. The molecule has 1 amide bonds. The van der Waals surface area contributed by atoms with Gasteiger partial charge in [0.1, 0.15) is 11.6 Å². The number of hydrogen-bond donors (Lipinski definition) is 1. The Labute approximate surface area is 222 Å². The quantitative estimate of drug-likeness (QED) is 0.323. The minimum atomic E-state index is -0.744. The molecular weight excluding hydrogens is 494 g/mol. The van der Waals surface area contributed by atoms with Crippen LogP contribution >= 0.6 is 23.4 Å². The number of thioether (sulfide) groups is 1. The zero-order valence-corrected chi connectivity index (χ0v) is 22.6. The van der Waals surface area contributed by atoms with Crippen LogP contribution in [0, 0.1) is 0 Å². The van der Waals surface area contributed by atoms with Crippen molar-refractivity contribution in [2.45, 2.75) is 45.4 Å². The van der Waals surface area contributed by atoms with Crippen LogP contribution in [0.15, 0.2) is 67.3 Å². The molecule has 0 aliphatic rings. The van der Waals surface area contributed by atoms with E-state index in [-0.39, 0.29) is 5.91 Å². The molecule has 0 saturated carbocycles. The third kappa shape index (κ3) is 8.28. The van der Waals surface area contributed by atoms with Gasteiger partial charge in [-0.15, -0.1) is 0 Å². The fraction of sp³-hybridized carbons (Fsp3) is 0.321. The third-order valence-electron chi connectivity index (χ3n) is 5.22. The predicted molar refractivity (Wildman–Crippen MR) is 148 cm³/mol. The van der Waals surface area contributed by atoms with Crippen molar-refractivity contribution in [3.8, 4) is 11.1 Å². The number of amides is 1. The van der Waals surface area contributed by atoms with Gasteiger partial charge in [0, 0.05) is 29.5 Å². The molecule has 2 aromatic carbocycles. The number of imidazole rings is 1. The summed E-state index contributed by atoms with van der Waals surface area (Å²) in [5.74, 6) is -0.0597. The lowest BCUT2D eigenvalue weighted by Gasteiger charge is -2.25. The Kier molecular flexibility index (Phi) is 9.79. The van der Waals surface area contributed by atoms with Gasteiger partial charge in [0.05, 0.1) is 6.33 Å². The minimum absolute atomic E-state index is 0.337. The van der Waals surface area contributed by atoms with Gasteiger partial charge in [-0.3, -0.25) is 4.79 Å². The number of ether oxygens (including phenoxy) is 1. The Balaban J connectivity index is 1.90. The number of nitrogens with one attached hydrogen (secondary N) is 1. The molecule has 0 aliphatic heterocycles. The number of carbonyl (C=O) groups excluding carboxylic acids is 2. The van der Waals surface area contributed by atoms with E-state index >= 15 is 0 Å². The first-order valence-electron chi connectivity index (χ1n) is 11.7. The molecule has 8 heteroatoms. The Morgan fingerprint density at radius 1 is 1.22 bits per heavy atom. The SMILES string of the molecule is CSCC[C@H](NC(=O)c1ccc(C=CCn2ccnc2)cc1-c1cccc(Cl)c1)C(=O)OC(C)(C)C. The van der Waals surface area contributed by atoms with Crippen LogP contribution in [-0.2, 0) is 16.1 Å². The van der Waals surface area contributed by atoms with Crippen LogP contribution in [0.4, 0.5) is 0 Å². The number of esters is 1. The predicted octanol–water partition coefficient (Wildman–Crippen LogP) is 6.11. The molecule has 190 valence electrons. The largest absolute Gasteiger partial charge is 0.458 e. The second kappa shape index (κ2) is 12.8. The van der Waals surface area contributed by atoms with Gasteiger partial charge in [-0.1, -0.05) is 42.0 Å². The average molecular weight is 526 g/mol. The molecular formula is C28H32ClN3O3S. The fourth-order valence-corrected chi connectivity index (χ4v) is 4.22.